The number of hydrogen-bond donors (Lipinski definition) is 1. The van der Waals surface area contributed by atoms with Gasteiger partial charge in [0.15, 0.2) is 0 Å². The van der Waals surface area contributed by atoms with Crippen molar-refractivity contribution in [3.63, 3.8) is 0 Å². The van der Waals surface area contributed by atoms with Gasteiger partial charge in [-0.1, -0.05) is 26.2 Å². The van der Waals surface area contributed by atoms with Gasteiger partial charge in [-0.3, -0.25) is 4.57 Å². The maximum Gasteiger partial charge on any atom is 0.401 e. The molecule has 104 valence electrons. The molecule has 0 aliphatic heterocycles. The van der Waals surface area contributed by atoms with Crippen LogP contribution in [-0.4, -0.2) is 15.3 Å². The lowest BCUT2D eigenvalue weighted by Gasteiger charge is -2.49. The summed E-state index contributed by atoms with van der Waals surface area (Å²) < 4.78 is 12.5. The summed E-state index contributed by atoms with van der Waals surface area (Å²) in [4.78, 5) is 41.1. The smallest absolute Gasteiger partial charge is 0.401 e. The van der Waals surface area contributed by atoms with Crippen molar-refractivity contribution in [3.8, 4) is 0 Å². The molecule has 6 nitrogen and oxygen atoms in total. The van der Waals surface area contributed by atoms with E-state index in [1.807, 2.05) is 6.92 Å². The van der Waals surface area contributed by atoms with Crippen molar-refractivity contribution >= 4 is 38.7 Å². The molecule has 0 heterocycles. The molecule has 0 bridgehead atoms. The van der Waals surface area contributed by atoms with Gasteiger partial charge in [0.25, 0.3) is 0 Å². The summed E-state index contributed by atoms with van der Waals surface area (Å²) in [6.45, 7) is 1.79. The predicted molar refractivity (Wildman–Crippen MR) is 61.3 cm³/mol. The number of unbranched alkanes of at least 4 members (excludes halogenated alkanes) is 3. The average Bonchev–Trinajstić information content (AvgIpc) is 2.15. The van der Waals surface area contributed by atoms with E-state index in [2.05, 4.69) is 4.52 Å². The highest BCUT2D eigenvalue weighted by Crippen LogP contribution is 2.74. The molecule has 0 fully saturated rings. The Morgan fingerprint density at radius 1 is 1.29 bits per heavy atom. The lowest BCUT2D eigenvalue weighted by Crippen LogP contribution is -2.44. The Bertz CT molecular complexity index is 280. The maximum atomic E-state index is 11.4. The summed E-state index contributed by atoms with van der Waals surface area (Å²) in [6.07, 6.45) is 3.07. The Kier molecular flexibility index (Phi) is 7.42. The minimum atomic E-state index is -5.66. The van der Waals surface area contributed by atoms with E-state index in [1.54, 1.807) is 0 Å². The Hall–Kier alpha value is 1.04. The van der Waals surface area contributed by atoms with Crippen LogP contribution >= 0.6 is 38.7 Å². The molecule has 0 rings (SSSR count). The zero-order valence-electron chi connectivity index (χ0n) is 9.17. The molecule has 1 N–H and O–H groups in total. The first-order valence-corrected chi connectivity index (χ1v) is 8.81. The van der Waals surface area contributed by atoms with Crippen molar-refractivity contribution in [2.75, 3.05) is 6.61 Å². The molecule has 0 saturated heterocycles. The van der Waals surface area contributed by atoms with Crippen LogP contribution in [0.25, 0.3) is 0 Å². The van der Waals surface area contributed by atoms with E-state index in [-0.39, 0.29) is 6.61 Å². The van der Waals surface area contributed by atoms with Crippen molar-refractivity contribution in [2.24, 2.45) is 0 Å². The molecule has 0 spiro atoms. The second kappa shape index (κ2) is 6.99. The summed E-state index contributed by atoms with van der Waals surface area (Å²) in [5, 5.41) is 0. The Morgan fingerprint density at radius 2 is 1.82 bits per heavy atom. The molecule has 1 atom stereocenters. The van der Waals surface area contributed by atoms with Gasteiger partial charge in [-0.05, 0) is 29.6 Å². The molecular weight excluding hydrogens is 313 g/mol. The Morgan fingerprint density at radius 3 is 2.24 bits per heavy atom. The number of alkyl halides is 2. The zero-order valence-corrected chi connectivity index (χ0v) is 12.5. The van der Waals surface area contributed by atoms with E-state index in [0.717, 1.165) is 19.3 Å². The van der Waals surface area contributed by atoms with Crippen molar-refractivity contribution in [3.05, 3.63) is 0 Å². The fourth-order valence-electron chi connectivity index (χ4n) is 0.950. The maximum absolute atomic E-state index is 11.4. The van der Waals surface area contributed by atoms with E-state index >= 15 is 0 Å². The molecule has 0 aromatic rings. The fourth-order valence-corrected chi connectivity index (χ4v) is 3.19. The molecule has 17 heavy (non-hydrogen) atoms. The van der Waals surface area contributed by atoms with Gasteiger partial charge in [0.2, 0.25) is 0 Å². The minimum Gasteiger partial charge on any atom is -0.685 e. The highest BCUT2D eigenvalue weighted by atomic mass is 35.5. The summed E-state index contributed by atoms with van der Waals surface area (Å²) in [5.74, 6) is 0. The van der Waals surface area contributed by atoms with Gasteiger partial charge < -0.3 is 24.1 Å². The fraction of sp³-hybridized carbons (Fsp3) is 1.00. The molecule has 0 amide bonds. The number of hydrogen-bond acceptors (Lipinski definition) is 5. The first-order valence-electron chi connectivity index (χ1n) is 4.93. The van der Waals surface area contributed by atoms with Crippen LogP contribution in [0.15, 0.2) is 0 Å². The monoisotopic (exact) mass is 326 g/mol. The van der Waals surface area contributed by atoms with Crippen LogP contribution in [-0.2, 0) is 9.09 Å². The van der Waals surface area contributed by atoms with E-state index in [1.165, 1.54) is 0 Å². The predicted octanol–water partition coefficient (Wildman–Crippen LogP) is 0.701. The molecule has 1 unspecified atom stereocenters. The van der Waals surface area contributed by atoms with Gasteiger partial charge in [-0.15, -0.1) is 7.94 Å². The molecular formula is C7H14Cl2O6P2-2. The first kappa shape index (κ1) is 18.0. The topological polar surface area (TPSA) is 116 Å². The Labute approximate surface area is 111 Å². The number of rotatable bonds is 8. The van der Waals surface area contributed by atoms with Crippen molar-refractivity contribution in [2.45, 2.75) is 36.4 Å². The quantitative estimate of drug-likeness (QED) is 0.398. The van der Waals surface area contributed by atoms with Gasteiger partial charge in [0.05, 0.1) is 6.61 Å². The van der Waals surface area contributed by atoms with E-state index in [9.17, 15) is 24.1 Å². The molecule has 0 aliphatic rings. The van der Waals surface area contributed by atoms with Crippen molar-refractivity contribution in [1.82, 2.24) is 0 Å². The summed E-state index contributed by atoms with van der Waals surface area (Å²) >= 11 is 10.2. The number of halogens is 2. The minimum absolute atomic E-state index is 0.186. The second-order valence-electron chi connectivity index (χ2n) is 3.42. The average molecular weight is 327 g/mol. The molecule has 10 heteroatoms. The van der Waals surface area contributed by atoms with Crippen LogP contribution in [0.3, 0.4) is 0 Å². The van der Waals surface area contributed by atoms with Crippen LogP contribution in [0, 0.1) is 0 Å². The van der Waals surface area contributed by atoms with Crippen molar-refractivity contribution in [1.29, 1.82) is 0 Å². The second-order valence-corrected chi connectivity index (χ2v) is 9.79. The Balaban J connectivity index is 4.33. The van der Waals surface area contributed by atoms with Crippen molar-refractivity contribution < 1.29 is 28.7 Å². The van der Waals surface area contributed by atoms with Gasteiger partial charge in [0.1, 0.15) is 0 Å². The van der Waals surface area contributed by atoms with Crippen LogP contribution in [0.5, 0.6) is 0 Å². The lowest BCUT2D eigenvalue weighted by molar-refractivity contribution is -0.428. The molecule has 0 aliphatic carbocycles. The SMILES string of the molecule is CCCCCCOP(=O)(O)C(Cl)(Cl)[P+]([O-])([O-])[O-]. The van der Waals surface area contributed by atoms with Crippen LogP contribution < -0.4 is 14.7 Å². The zero-order chi connectivity index (χ0) is 13.7. The van der Waals surface area contributed by atoms with Crippen LogP contribution in [0.1, 0.15) is 32.6 Å². The summed E-state index contributed by atoms with van der Waals surface area (Å²) in [5.41, 5.74) is 0. The molecule has 0 saturated carbocycles. The van der Waals surface area contributed by atoms with Gasteiger partial charge in [-0.25, -0.2) is 0 Å². The van der Waals surface area contributed by atoms with Gasteiger partial charge in [-0.2, -0.15) is 0 Å². The largest absolute Gasteiger partial charge is 0.685 e. The highest BCUT2D eigenvalue weighted by molar-refractivity contribution is 7.80. The van der Waals surface area contributed by atoms with E-state index in [4.69, 9.17) is 23.2 Å². The lowest BCUT2D eigenvalue weighted by atomic mass is 10.2. The normalized spacial score (nSPS) is 16.9. The molecule has 0 aromatic heterocycles. The van der Waals surface area contributed by atoms with E-state index in [0.29, 0.717) is 6.42 Å². The first-order chi connectivity index (χ1) is 7.56. The third kappa shape index (κ3) is 5.27. The van der Waals surface area contributed by atoms with Crippen LogP contribution in [0.2, 0.25) is 0 Å². The van der Waals surface area contributed by atoms with Gasteiger partial charge in [0, 0.05) is 0 Å². The summed E-state index contributed by atoms with van der Waals surface area (Å²) in [6, 6.07) is 0. The molecule has 0 aromatic carbocycles. The van der Waals surface area contributed by atoms with E-state index < -0.39 is 19.4 Å². The highest BCUT2D eigenvalue weighted by Gasteiger charge is 2.53. The third-order valence-corrected chi connectivity index (χ3v) is 7.82. The van der Waals surface area contributed by atoms with Gasteiger partial charge >= 0.3 is 11.4 Å². The standard InChI is InChI=1S/C7H16Cl2O6P2/c1-2-3-4-5-6-15-17(13,14)7(8,9)16(10,11)12/h2-6H2,1H3,(H,13,14)(H2,10,11,12)/p-2. The third-order valence-electron chi connectivity index (χ3n) is 1.93. The van der Waals surface area contributed by atoms with Crippen LogP contribution in [0.4, 0.5) is 0 Å². The summed E-state index contributed by atoms with van der Waals surface area (Å²) in [7, 11) is -10.6. The molecule has 0 radical (unpaired) electrons.